The fraction of sp³-hybridized carbons (Fsp3) is 0.286. The molecule has 0 aliphatic rings. The van der Waals surface area contributed by atoms with E-state index in [2.05, 4.69) is 52.8 Å². The lowest BCUT2D eigenvalue weighted by atomic mass is 10.0. The minimum atomic E-state index is 0.557. The third kappa shape index (κ3) is 4.78. The third-order valence-electron chi connectivity index (χ3n) is 4.04. The van der Waals surface area contributed by atoms with Crippen LogP contribution in [0.15, 0.2) is 60.9 Å². The van der Waals surface area contributed by atoms with Crippen molar-refractivity contribution in [3.8, 4) is 5.75 Å². The van der Waals surface area contributed by atoms with Crippen molar-refractivity contribution in [1.82, 2.24) is 10.3 Å². The van der Waals surface area contributed by atoms with Crippen molar-refractivity contribution in [3.63, 3.8) is 0 Å². The fourth-order valence-corrected chi connectivity index (χ4v) is 2.82. The molecule has 0 spiro atoms. The van der Waals surface area contributed by atoms with Gasteiger partial charge >= 0.3 is 0 Å². The molecular formula is C21H24N2O2. The lowest BCUT2D eigenvalue weighted by molar-refractivity contribution is 0.110. The summed E-state index contributed by atoms with van der Waals surface area (Å²) in [7, 11) is 0. The largest absolute Gasteiger partial charge is 0.491 e. The van der Waals surface area contributed by atoms with Gasteiger partial charge < -0.3 is 14.8 Å². The molecule has 0 fully saturated rings. The van der Waals surface area contributed by atoms with Gasteiger partial charge in [0.15, 0.2) is 0 Å². The zero-order valence-electron chi connectivity index (χ0n) is 14.6. The van der Waals surface area contributed by atoms with Crippen LogP contribution in [-0.2, 0) is 17.8 Å². The van der Waals surface area contributed by atoms with Crippen LogP contribution in [0.5, 0.6) is 5.75 Å². The number of ether oxygens (including phenoxy) is 2. The number of aromatic nitrogens is 1. The Morgan fingerprint density at radius 1 is 0.960 bits per heavy atom. The molecule has 4 nitrogen and oxygen atoms in total. The lowest BCUT2D eigenvalue weighted by Gasteiger charge is -2.15. The van der Waals surface area contributed by atoms with E-state index < -0.39 is 0 Å². The zero-order chi connectivity index (χ0) is 17.3. The minimum Gasteiger partial charge on any atom is -0.491 e. The predicted octanol–water partition coefficient (Wildman–Crippen LogP) is 3.94. The maximum Gasteiger partial charge on any atom is 0.124 e. The summed E-state index contributed by atoms with van der Waals surface area (Å²) in [5.74, 6) is 0.914. The highest BCUT2D eigenvalue weighted by Crippen LogP contribution is 2.28. The number of nitrogens with zero attached hydrogens (tertiary/aromatic N) is 1. The maximum atomic E-state index is 5.97. The molecule has 4 heteroatoms. The molecule has 0 aliphatic heterocycles. The molecule has 0 bridgehead atoms. The van der Waals surface area contributed by atoms with Gasteiger partial charge in [0.05, 0.1) is 6.61 Å². The van der Waals surface area contributed by atoms with Crippen molar-refractivity contribution >= 4 is 10.8 Å². The summed E-state index contributed by atoms with van der Waals surface area (Å²) < 4.78 is 11.3. The highest BCUT2D eigenvalue weighted by atomic mass is 16.5. The summed E-state index contributed by atoms with van der Waals surface area (Å²) in [5, 5.41) is 5.94. The van der Waals surface area contributed by atoms with Crippen LogP contribution in [0.25, 0.3) is 10.8 Å². The molecule has 0 saturated carbocycles. The van der Waals surface area contributed by atoms with E-state index in [0.29, 0.717) is 19.8 Å². The molecule has 3 rings (SSSR count). The first kappa shape index (κ1) is 17.4. The van der Waals surface area contributed by atoms with Crippen LogP contribution < -0.4 is 10.1 Å². The first-order valence-electron chi connectivity index (χ1n) is 8.69. The van der Waals surface area contributed by atoms with Gasteiger partial charge in [-0.1, -0.05) is 36.4 Å². The molecule has 0 radical (unpaired) electrons. The lowest BCUT2D eigenvalue weighted by Crippen LogP contribution is -2.15. The SMILES string of the molecule is CCOCCOc1ccc2ccccc2c1CNCc1cccnc1. The van der Waals surface area contributed by atoms with E-state index in [1.807, 2.05) is 19.2 Å². The van der Waals surface area contributed by atoms with Gasteiger partial charge in [0.2, 0.25) is 0 Å². The molecule has 1 aromatic heterocycles. The van der Waals surface area contributed by atoms with Crippen LogP contribution in [0.4, 0.5) is 0 Å². The monoisotopic (exact) mass is 336 g/mol. The summed E-state index contributed by atoms with van der Waals surface area (Å²) >= 11 is 0. The second-order valence-electron chi connectivity index (χ2n) is 5.77. The van der Waals surface area contributed by atoms with Crippen LogP contribution in [0.2, 0.25) is 0 Å². The maximum absolute atomic E-state index is 5.97. The van der Waals surface area contributed by atoms with Gasteiger partial charge in [0, 0.05) is 37.7 Å². The number of hydrogen-bond acceptors (Lipinski definition) is 4. The van der Waals surface area contributed by atoms with Crippen molar-refractivity contribution in [1.29, 1.82) is 0 Å². The van der Waals surface area contributed by atoms with Gasteiger partial charge in [-0.15, -0.1) is 0 Å². The Labute approximate surface area is 148 Å². The first-order valence-corrected chi connectivity index (χ1v) is 8.69. The third-order valence-corrected chi connectivity index (χ3v) is 4.04. The first-order chi connectivity index (χ1) is 12.4. The van der Waals surface area contributed by atoms with Crippen molar-refractivity contribution in [2.24, 2.45) is 0 Å². The quantitative estimate of drug-likeness (QED) is 0.601. The molecule has 0 atom stereocenters. The van der Waals surface area contributed by atoms with Crippen LogP contribution in [0.3, 0.4) is 0 Å². The molecule has 0 saturated heterocycles. The molecular weight excluding hydrogens is 312 g/mol. The van der Waals surface area contributed by atoms with E-state index in [9.17, 15) is 0 Å². The summed E-state index contributed by atoms with van der Waals surface area (Å²) in [6, 6.07) is 16.6. The van der Waals surface area contributed by atoms with Gasteiger partial charge in [0.1, 0.15) is 12.4 Å². The average molecular weight is 336 g/mol. The average Bonchev–Trinajstić information content (AvgIpc) is 2.67. The van der Waals surface area contributed by atoms with Gasteiger partial charge in [-0.2, -0.15) is 0 Å². The second-order valence-corrected chi connectivity index (χ2v) is 5.77. The minimum absolute atomic E-state index is 0.557. The van der Waals surface area contributed by atoms with E-state index in [1.165, 1.54) is 21.9 Å². The molecule has 0 unspecified atom stereocenters. The summed E-state index contributed by atoms with van der Waals surface area (Å²) in [6.45, 7) is 5.37. The van der Waals surface area contributed by atoms with E-state index >= 15 is 0 Å². The van der Waals surface area contributed by atoms with Crippen molar-refractivity contribution in [3.05, 3.63) is 72.1 Å². The van der Waals surface area contributed by atoms with E-state index in [1.54, 1.807) is 6.20 Å². The Bertz CT molecular complexity index is 790. The fourth-order valence-electron chi connectivity index (χ4n) is 2.82. The molecule has 25 heavy (non-hydrogen) atoms. The second kappa shape index (κ2) is 9.16. The number of hydrogen-bond donors (Lipinski definition) is 1. The predicted molar refractivity (Wildman–Crippen MR) is 101 cm³/mol. The number of rotatable bonds is 9. The number of fused-ring (bicyclic) bond motifs is 1. The van der Waals surface area contributed by atoms with Gasteiger partial charge in [-0.25, -0.2) is 0 Å². The Morgan fingerprint density at radius 2 is 1.88 bits per heavy atom. The summed E-state index contributed by atoms with van der Waals surface area (Å²) in [4.78, 5) is 4.16. The number of benzene rings is 2. The summed E-state index contributed by atoms with van der Waals surface area (Å²) in [6.07, 6.45) is 3.67. The number of pyridine rings is 1. The van der Waals surface area contributed by atoms with Crippen LogP contribution in [0.1, 0.15) is 18.1 Å². The van der Waals surface area contributed by atoms with Crippen LogP contribution in [-0.4, -0.2) is 24.8 Å². The molecule has 0 aliphatic carbocycles. The number of nitrogens with one attached hydrogen (secondary N) is 1. The Morgan fingerprint density at radius 3 is 2.72 bits per heavy atom. The highest BCUT2D eigenvalue weighted by Gasteiger charge is 2.09. The molecule has 2 aromatic carbocycles. The normalized spacial score (nSPS) is 10.9. The smallest absolute Gasteiger partial charge is 0.124 e. The Balaban J connectivity index is 1.74. The molecule has 3 aromatic rings. The van der Waals surface area contributed by atoms with Crippen molar-refractivity contribution in [2.75, 3.05) is 19.8 Å². The van der Waals surface area contributed by atoms with Crippen LogP contribution >= 0.6 is 0 Å². The topological polar surface area (TPSA) is 43.4 Å². The molecule has 1 N–H and O–H groups in total. The molecule has 0 amide bonds. The van der Waals surface area contributed by atoms with Gasteiger partial charge in [-0.05, 0) is 35.4 Å². The highest BCUT2D eigenvalue weighted by molar-refractivity contribution is 5.87. The van der Waals surface area contributed by atoms with E-state index in [-0.39, 0.29) is 0 Å². The van der Waals surface area contributed by atoms with Crippen LogP contribution in [0, 0.1) is 0 Å². The molecule has 1 heterocycles. The van der Waals surface area contributed by atoms with Crippen molar-refractivity contribution in [2.45, 2.75) is 20.0 Å². The summed E-state index contributed by atoms with van der Waals surface area (Å²) in [5.41, 5.74) is 2.35. The zero-order valence-corrected chi connectivity index (χ0v) is 14.6. The van der Waals surface area contributed by atoms with E-state index in [4.69, 9.17) is 9.47 Å². The van der Waals surface area contributed by atoms with E-state index in [0.717, 1.165) is 18.8 Å². The molecule has 130 valence electrons. The Hall–Kier alpha value is -2.43. The van der Waals surface area contributed by atoms with Gasteiger partial charge in [-0.3, -0.25) is 4.98 Å². The van der Waals surface area contributed by atoms with Crippen molar-refractivity contribution < 1.29 is 9.47 Å². The Kier molecular flexibility index (Phi) is 6.37. The standard InChI is InChI=1S/C21H24N2O2/c1-2-24-12-13-25-21-10-9-18-7-3-4-8-19(18)20(21)16-23-15-17-6-5-11-22-14-17/h3-11,14,23H,2,12-13,15-16H2,1H3. The van der Waals surface area contributed by atoms with Gasteiger partial charge in [0.25, 0.3) is 0 Å².